The van der Waals surface area contributed by atoms with Gasteiger partial charge in [-0.2, -0.15) is 0 Å². The Morgan fingerprint density at radius 3 is 2.08 bits per heavy atom. The minimum Gasteiger partial charge on any atom is -0.481 e. The maximum atomic E-state index is 13.8. The van der Waals surface area contributed by atoms with Gasteiger partial charge in [-0.1, -0.05) is 46.5 Å². The maximum Gasteiger partial charge on any atom is 0.315 e. The maximum absolute atomic E-state index is 13.8. The summed E-state index contributed by atoms with van der Waals surface area (Å²) in [5, 5.41) is 19.3. The van der Waals surface area contributed by atoms with Crippen molar-refractivity contribution in [1.82, 2.24) is 25.8 Å². The lowest BCUT2D eigenvalue weighted by atomic mass is 9.85. The third-order valence-corrected chi connectivity index (χ3v) is 11.0. The normalized spacial score (nSPS) is 26.1. The van der Waals surface area contributed by atoms with Crippen molar-refractivity contribution in [2.24, 2.45) is 17.8 Å². The molecule has 3 aliphatic carbocycles. The van der Waals surface area contributed by atoms with Crippen LogP contribution in [0.2, 0.25) is 0 Å². The van der Waals surface area contributed by atoms with E-state index in [2.05, 4.69) is 36.7 Å². The molecule has 3 rings (SSSR count). The molecule has 12 nitrogen and oxygen atoms in total. The molecule has 3 aliphatic rings. The Labute approximate surface area is 294 Å². The predicted molar refractivity (Wildman–Crippen MR) is 189 cm³/mol. The van der Waals surface area contributed by atoms with Gasteiger partial charge < -0.3 is 35.6 Å². The number of aliphatic carboxylic acids is 1. The van der Waals surface area contributed by atoms with E-state index < -0.39 is 17.4 Å². The van der Waals surface area contributed by atoms with Crippen molar-refractivity contribution < 1.29 is 33.8 Å². The van der Waals surface area contributed by atoms with Gasteiger partial charge in [-0.15, -0.1) is 0 Å². The van der Waals surface area contributed by atoms with Crippen molar-refractivity contribution in [3.63, 3.8) is 0 Å². The van der Waals surface area contributed by atoms with E-state index in [4.69, 9.17) is 4.74 Å². The highest BCUT2D eigenvalue weighted by atomic mass is 16.5. The number of carboxylic acids is 1. The second-order valence-corrected chi connectivity index (χ2v) is 15.8. The molecule has 3 saturated carbocycles. The van der Waals surface area contributed by atoms with Gasteiger partial charge in [0.2, 0.25) is 11.8 Å². The molecule has 0 saturated heterocycles. The molecule has 4 N–H and O–H groups in total. The largest absolute Gasteiger partial charge is 0.481 e. The monoisotopic (exact) mass is 691 g/mol. The molecule has 0 heterocycles. The van der Waals surface area contributed by atoms with E-state index in [1.165, 1.54) is 16.2 Å². The number of nitrogens with zero attached hydrogens (tertiary/aromatic N) is 2. The summed E-state index contributed by atoms with van der Waals surface area (Å²) in [6.45, 7) is 9.91. The number of urea groups is 1. The average molecular weight is 692 g/mol. The zero-order valence-corrected chi connectivity index (χ0v) is 31.1. The van der Waals surface area contributed by atoms with Crippen molar-refractivity contribution in [3.8, 4) is 0 Å². The van der Waals surface area contributed by atoms with Crippen molar-refractivity contribution in [2.75, 3.05) is 33.3 Å². The number of nitrogens with one attached hydrogen (secondary N) is 3. The van der Waals surface area contributed by atoms with Gasteiger partial charge in [0.05, 0.1) is 37.1 Å². The van der Waals surface area contributed by atoms with Crippen LogP contribution in [0.3, 0.4) is 0 Å². The van der Waals surface area contributed by atoms with Gasteiger partial charge in [0, 0.05) is 38.3 Å². The van der Waals surface area contributed by atoms with Gasteiger partial charge in [0.15, 0.2) is 5.78 Å². The van der Waals surface area contributed by atoms with Gasteiger partial charge in [-0.3, -0.25) is 19.2 Å². The van der Waals surface area contributed by atoms with Crippen molar-refractivity contribution in [3.05, 3.63) is 0 Å². The number of ketones is 1. The van der Waals surface area contributed by atoms with Crippen LogP contribution in [0.1, 0.15) is 125 Å². The zero-order valence-electron chi connectivity index (χ0n) is 31.1. The Kier molecular flexibility index (Phi) is 16.3. The summed E-state index contributed by atoms with van der Waals surface area (Å²) in [6, 6.07) is 0.349. The number of amides is 4. The summed E-state index contributed by atoms with van der Waals surface area (Å²) in [6.07, 6.45) is 11.2. The fraction of sp³-hybridized carbons (Fsp3) is 0.865. The van der Waals surface area contributed by atoms with Crippen molar-refractivity contribution >= 4 is 29.6 Å². The summed E-state index contributed by atoms with van der Waals surface area (Å²) < 4.78 is 5.59. The predicted octanol–water partition coefficient (Wildman–Crippen LogP) is 4.50. The van der Waals surface area contributed by atoms with Gasteiger partial charge in [-0.05, 0) is 83.5 Å². The molecule has 4 amide bonds. The molecular weight excluding hydrogens is 626 g/mol. The Hall–Kier alpha value is -2.73. The van der Waals surface area contributed by atoms with E-state index in [0.29, 0.717) is 31.2 Å². The minimum atomic E-state index is -1.04. The number of carbonyl (C=O) groups excluding carboxylic acids is 4. The molecule has 0 radical (unpaired) electrons. The van der Waals surface area contributed by atoms with E-state index in [0.717, 1.165) is 64.2 Å². The first-order valence-corrected chi connectivity index (χ1v) is 18.9. The lowest BCUT2D eigenvalue weighted by molar-refractivity contribution is -0.149. The first-order chi connectivity index (χ1) is 23.2. The Morgan fingerprint density at radius 1 is 0.816 bits per heavy atom. The number of methoxy groups -OCH3 is 1. The first kappa shape index (κ1) is 40.7. The topological polar surface area (TPSA) is 157 Å². The summed E-state index contributed by atoms with van der Waals surface area (Å²) in [4.78, 5) is 68.3. The lowest BCUT2D eigenvalue weighted by Gasteiger charge is -2.37. The molecule has 0 aliphatic heterocycles. The molecule has 12 heteroatoms. The third-order valence-electron chi connectivity index (χ3n) is 11.0. The SMILES string of the molecule is COC1CCCCC1C(=O)N(CCC(=O)O)CC(=O)N(CCC(C)C)CC(=O)C(C)(C)NC1CCC(NC(=O)NC2CCCCC2C)CC1. The highest BCUT2D eigenvalue weighted by Gasteiger charge is 2.37. The van der Waals surface area contributed by atoms with Crippen LogP contribution in [0.25, 0.3) is 0 Å². The molecule has 0 aromatic rings. The van der Waals surface area contributed by atoms with E-state index in [-0.39, 0.29) is 73.9 Å². The van der Waals surface area contributed by atoms with E-state index in [1.54, 1.807) is 7.11 Å². The molecule has 0 spiro atoms. The summed E-state index contributed by atoms with van der Waals surface area (Å²) in [7, 11) is 1.58. The third kappa shape index (κ3) is 13.2. The molecular formula is C37H65N5O7. The quantitative estimate of drug-likeness (QED) is 0.174. The molecule has 3 fully saturated rings. The fourth-order valence-corrected chi connectivity index (χ4v) is 7.63. The van der Waals surface area contributed by atoms with E-state index in [9.17, 15) is 29.1 Å². The van der Waals surface area contributed by atoms with Gasteiger partial charge in [0.25, 0.3) is 0 Å². The van der Waals surface area contributed by atoms with Gasteiger partial charge in [0.1, 0.15) is 0 Å². The number of hydrogen-bond donors (Lipinski definition) is 4. The smallest absolute Gasteiger partial charge is 0.315 e. The Morgan fingerprint density at radius 2 is 1.45 bits per heavy atom. The summed E-state index contributed by atoms with van der Waals surface area (Å²) in [5.74, 6) is -1.41. The second kappa shape index (κ2) is 19.6. The van der Waals surface area contributed by atoms with Crippen LogP contribution in [0, 0.1) is 17.8 Å². The molecule has 280 valence electrons. The molecule has 0 bridgehead atoms. The second-order valence-electron chi connectivity index (χ2n) is 15.8. The summed E-state index contributed by atoms with van der Waals surface area (Å²) >= 11 is 0. The van der Waals surface area contributed by atoms with Crippen molar-refractivity contribution in [2.45, 2.75) is 154 Å². The van der Waals surface area contributed by atoms with Crippen LogP contribution in [-0.2, 0) is 23.9 Å². The van der Waals surface area contributed by atoms with E-state index in [1.807, 2.05) is 13.8 Å². The molecule has 49 heavy (non-hydrogen) atoms. The molecule has 4 atom stereocenters. The van der Waals surface area contributed by atoms with Crippen LogP contribution in [-0.4, -0.2) is 108 Å². The minimum absolute atomic E-state index is 0.0786. The van der Waals surface area contributed by atoms with Crippen molar-refractivity contribution in [1.29, 1.82) is 0 Å². The first-order valence-electron chi connectivity index (χ1n) is 18.9. The Bertz CT molecular complexity index is 1110. The average Bonchev–Trinajstić information content (AvgIpc) is 3.06. The Balaban J connectivity index is 1.58. The van der Waals surface area contributed by atoms with Crippen LogP contribution < -0.4 is 16.0 Å². The highest BCUT2D eigenvalue weighted by molar-refractivity contribution is 5.93. The number of carboxylic acid groups (broad SMARTS) is 1. The number of carbonyl (C=O) groups is 5. The molecule has 4 unspecified atom stereocenters. The zero-order chi connectivity index (χ0) is 36.1. The van der Waals surface area contributed by atoms with E-state index >= 15 is 0 Å². The molecule has 0 aromatic heterocycles. The van der Waals surface area contributed by atoms with Crippen LogP contribution >= 0.6 is 0 Å². The van der Waals surface area contributed by atoms with Crippen LogP contribution in [0.15, 0.2) is 0 Å². The van der Waals surface area contributed by atoms with Crippen LogP contribution in [0.5, 0.6) is 0 Å². The number of hydrogen-bond acceptors (Lipinski definition) is 7. The number of ether oxygens (including phenoxy) is 1. The van der Waals surface area contributed by atoms with Gasteiger partial charge >= 0.3 is 12.0 Å². The van der Waals surface area contributed by atoms with Crippen LogP contribution in [0.4, 0.5) is 4.79 Å². The summed E-state index contributed by atoms with van der Waals surface area (Å²) in [5.41, 5.74) is -0.900. The lowest BCUT2D eigenvalue weighted by Crippen LogP contribution is -2.57. The number of Topliss-reactive ketones (excluding diaryl/α,β-unsaturated/α-hetero) is 1. The fourth-order valence-electron chi connectivity index (χ4n) is 7.63. The highest BCUT2D eigenvalue weighted by Crippen LogP contribution is 2.29. The van der Waals surface area contributed by atoms with Gasteiger partial charge in [-0.25, -0.2) is 4.79 Å². The number of rotatable bonds is 17. The molecule has 0 aromatic carbocycles. The standard InChI is InChI=1S/C37H65N5O7/c1-25(2)19-21-41(33(44)24-42(22-20-34(45)46)35(47)29-12-8-10-14-31(29)49-6)23-32(43)37(4,5)40-28-17-15-27(16-18-28)38-36(48)39-30-13-9-7-11-26(30)3/h25-31,40H,7-24H2,1-6H3,(H,45,46)(H2,38,39,48).